The molecule has 0 atom stereocenters. The molecule has 1 aromatic carbocycles. The summed E-state index contributed by atoms with van der Waals surface area (Å²) >= 11 is 5.89. The Bertz CT molecular complexity index is 592. The lowest BCUT2D eigenvalue weighted by Gasteiger charge is -2.06. The first-order valence-electron chi connectivity index (χ1n) is 6.28. The fraction of sp³-hybridized carbons (Fsp3) is 0.357. The van der Waals surface area contributed by atoms with E-state index < -0.39 is 0 Å². The topological polar surface area (TPSA) is 47.8 Å². The van der Waals surface area contributed by atoms with Crippen molar-refractivity contribution in [2.24, 2.45) is 0 Å². The Morgan fingerprint density at radius 1 is 1.42 bits per heavy atom. The number of hydrogen-bond acceptors (Lipinski definition) is 3. The number of nitrogens with zero attached hydrogens (tertiary/aromatic N) is 3. The molecule has 0 saturated carbocycles. The molecule has 0 aliphatic rings. The fourth-order valence-corrected chi connectivity index (χ4v) is 2.23. The minimum absolute atomic E-state index is 0.0412. The first-order valence-corrected chi connectivity index (χ1v) is 6.65. The molecule has 0 saturated heterocycles. The van der Waals surface area contributed by atoms with Gasteiger partial charge in [0.15, 0.2) is 5.78 Å². The van der Waals surface area contributed by atoms with Crippen LogP contribution in [0.5, 0.6) is 0 Å². The molecular formula is C14H16ClN3O. The molecule has 2 rings (SSSR count). The van der Waals surface area contributed by atoms with Gasteiger partial charge < -0.3 is 0 Å². The Kier molecular flexibility index (Phi) is 4.32. The van der Waals surface area contributed by atoms with Crippen LogP contribution in [0.25, 0.3) is 0 Å². The third-order valence-electron chi connectivity index (χ3n) is 2.94. The van der Waals surface area contributed by atoms with Gasteiger partial charge in [0, 0.05) is 17.1 Å². The van der Waals surface area contributed by atoms with Crippen molar-refractivity contribution < 1.29 is 4.79 Å². The number of aromatic nitrogens is 3. The molecule has 0 fully saturated rings. The van der Waals surface area contributed by atoms with Crippen LogP contribution in [0.1, 0.15) is 35.1 Å². The van der Waals surface area contributed by atoms with Gasteiger partial charge in [-0.2, -0.15) is 5.10 Å². The molecule has 0 radical (unpaired) electrons. The number of halogens is 1. The van der Waals surface area contributed by atoms with Gasteiger partial charge in [-0.05, 0) is 37.1 Å². The highest BCUT2D eigenvalue weighted by Gasteiger charge is 2.14. The van der Waals surface area contributed by atoms with Crippen LogP contribution in [0.3, 0.4) is 0 Å². The third kappa shape index (κ3) is 3.20. The Balaban J connectivity index is 2.18. The Labute approximate surface area is 117 Å². The maximum atomic E-state index is 12.3. The van der Waals surface area contributed by atoms with Crippen LogP contribution in [0.15, 0.2) is 24.5 Å². The molecule has 100 valence electrons. The average Bonchev–Trinajstić information content (AvgIpc) is 2.77. The van der Waals surface area contributed by atoms with Crippen molar-refractivity contribution in [3.63, 3.8) is 0 Å². The van der Waals surface area contributed by atoms with Gasteiger partial charge in [-0.25, -0.2) is 9.67 Å². The van der Waals surface area contributed by atoms with E-state index in [2.05, 4.69) is 17.0 Å². The average molecular weight is 278 g/mol. The van der Waals surface area contributed by atoms with Crippen LogP contribution in [0.2, 0.25) is 5.02 Å². The lowest BCUT2D eigenvalue weighted by molar-refractivity contribution is 0.0988. The maximum Gasteiger partial charge on any atom is 0.170 e. The van der Waals surface area contributed by atoms with E-state index in [1.54, 1.807) is 22.9 Å². The van der Waals surface area contributed by atoms with E-state index in [0.717, 1.165) is 18.5 Å². The molecule has 4 nitrogen and oxygen atoms in total. The van der Waals surface area contributed by atoms with Gasteiger partial charge >= 0.3 is 0 Å². The van der Waals surface area contributed by atoms with Crippen LogP contribution >= 0.6 is 11.6 Å². The second-order valence-electron chi connectivity index (χ2n) is 4.46. The second kappa shape index (κ2) is 5.97. The SMILES string of the molecule is CCCn1ncnc1CC(=O)c1ccc(Cl)cc1C. The first-order chi connectivity index (χ1) is 9.11. The molecule has 0 unspecified atom stereocenters. The summed E-state index contributed by atoms with van der Waals surface area (Å²) in [5, 5.41) is 4.76. The number of ketones is 1. The number of hydrogen-bond donors (Lipinski definition) is 0. The predicted octanol–water partition coefficient (Wildman–Crippen LogP) is 3.08. The highest BCUT2D eigenvalue weighted by molar-refractivity contribution is 6.30. The van der Waals surface area contributed by atoms with E-state index in [9.17, 15) is 4.79 Å². The van der Waals surface area contributed by atoms with Crippen LogP contribution in [-0.4, -0.2) is 20.5 Å². The van der Waals surface area contributed by atoms with Gasteiger partial charge in [0.2, 0.25) is 0 Å². The van der Waals surface area contributed by atoms with E-state index in [1.807, 2.05) is 6.92 Å². The largest absolute Gasteiger partial charge is 0.294 e. The fourth-order valence-electron chi connectivity index (χ4n) is 2.00. The lowest BCUT2D eigenvalue weighted by Crippen LogP contribution is -2.12. The quantitative estimate of drug-likeness (QED) is 0.789. The zero-order chi connectivity index (χ0) is 13.8. The Morgan fingerprint density at radius 2 is 2.21 bits per heavy atom. The van der Waals surface area contributed by atoms with E-state index in [0.29, 0.717) is 16.4 Å². The van der Waals surface area contributed by atoms with Gasteiger partial charge in [-0.15, -0.1) is 0 Å². The number of carbonyl (C=O) groups is 1. The molecule has 0 amide bonds. The summed E-state index contributed by atoms with van der Waals surface area (Å²) < 4.78 is 1.78. The minimum Gasteiger partial charge on any atom is -0.294 e. The second-order valence-corrected chi connectivity index (χ2v) is 4.90. The van der Waals surface area contributed by atoms with Crippen molar-refractivity contribution in [2.75, 3.05) is 0 Å². The van der Waals surface area contributed by atoms with Gasteiger partial charge in [0.1, 0.15) is 12.2 Å². The third-order valence-corrected chi connectivity index (χ3v) is 3.17. The molecule has 0 bridgehead atoms. The molecule has 19 heavy (non-hydrogen) atoms. The highest BCUT2D eigenvalue weighted by atomic mass is 35.5. The van der Waals surface area contributed by atoms with E-state index in [4.69, 9.17) is 11.6 Å². The van der Waals surface area contributed by atoms with Crippen molar-refractivity contribution in [2.45, 2.75) is 33.2 Å². The Morgan fingerprint density at radius 3 is 2.89 bits per heavy atom. The summed E-state index contributed by atoms with van der Waals surface area (Å²) in [5.41, 5.74) is 1.58. The number of rotatable bonds is 5. The normalized spacial score (nSPS) is 10.7. The summed E-state index contributed by atoms with van der Waals surface area (Å²) in [6, 6.07) is 5.30. The van der Waals surface area contributed by atoms with Gasteiger partial charge in [-0.3, -0.25) is 4.79 Å². The molecule has 0 aliphatic carbocycles. The van der Waals surface area contributed by atoms with Crippen molar-refractivity contribution in [3.05, 3.63) is 46.5 Å². The van der Waals surface area contributed by atoms with E-state index >= 15 is 0 Å². The summed E-state index contributed by atoms with van der Waals surface area (Å²) in [7, 11) is 0. The zero-order valence-electron chi connectivity index (χ0n) is 11.1. The van der Waals surface area contributed by atoms with Gasteiger partial charge in [0.05, 0.1) is 6.42 Å². The monoisotopic (exact) mass is 277 g/mol. The van der Waals surface area contributed by atoms with Gasteiger partial charge in [-0.1, -0.05) is 18.5 Å². The van der Waals surface area contributed by atoms with Crippen LogP contribution in [0, 0.1) is 6.92 Å². The summed E-state index contributed by atoms with van der Waals surface area (Å²) in [6.07, 6.45) is 2.72. The molecular weight excluding hydrogens is 262 g/mol. The number of carbonyl (C=O) groups excluding carboxylic acids is 1. The predicted molar refractivity (Wildman–Crippen MR) is 74.5 cm³/mol. The van der Waals surface area contributed by atoms with Crippen molar-refractivity contribution >= 4 is 17.4 Å². The minimum atomic E-state index is 0.0412. The van der Waals surface area contributed by atoms with Crippen molar-refractivity contribution in [1.29, 1.82) is 0 Å². The molecule has 1 aromatic heterocycles. The van der Waals surface area contributed by atoms with Crippen LogP contribution in [-0.2, 0) is 13.0 Å². The van der Waals surface area contributed by atoms with Crippen molar-refractivity contribution in [3.8, 4) is 0 Å². The van der Waals surface area contributed by atoms with E-state index in [1.165, 1.54) is 6.33 Å². The van der Waals surface area contributed by atoms with E-state index in [-0.39, 0.29) is 12.2 Å². The standard InChI is InChI=1S/C14H16ClN3O/c1-3-6-18-14(16-9-17-18)8-13(19)12-5-4-11(15)7-10(12)2/h4-5,7,9H,3,6,8H2,1-2H3. The molecule has 0 spiro atoms. The molecule has 5 heteroatoms. The van der Waals surface area contributed by atoms with Gasteiger partial charge in [0.25, 0.3) is 0 Å². The summed E-state index contributed by atoms with van der Waals surface area (Å²) in [4.78, 5) is 16.4. The maximum absolute atomic E-state index is 12.3. The molecule has 0 aliphatic heterocycles. The number of benzene rings is 1. The van der Waals surface area contributed by atoms with Crippen LogP contribution in [0.4, 0.5) is 0 Å². The summed E-state index contributed by atoms with van der Waals surface area (Å²) in [6.45, 7) is 4.73. The molecule has 2 aromatic rings. The lowest BCUT2D eigenvalue weighted by atomic mass is 10.0. The summed E-state index contributed by atoms with van der Waals surface area (Å²) in [5.74, 6) is 0.751. The Hall–Kier alpha value is -1.68. The number of aryl methyl sites for hydroxylation is 2. The smallest absolute Gasteiger partial charge is 0.170 e. The highest BCUT2D eigenvalue weighted by Crippen LogP contribution is 2.17. The first kappa shape index (κ1) is 13.7. The van der Waals surface area contributed by atoms with Crippen molar-refractivity contribution in [1.82, 2.24) is 14.8 Å². The molecule has 0 N–H and O–H groups in total. The molecule has 1 heterocycles. The van der Waals surface area contributed by atoms with Crippen LogP contribution < -0.4 is 0 Å². The number of Topliss-reactive ketones (excluding diaryl/α,β-unsaturated/α-hetero) is 1. The zero-order valence-corrected chi connectivity index (χ0v) is 11.8.